The van der Waals surface area contributed by atoms with E-state index in [9.17, 15) is 4.79 Å². The molecule has 1 N–H and O–H groups in total. The van der Waals surface area contributed by atoms with Crippen molar-refractivity contribution in [2.75, 3.05) is 12.4 Å². The number of aromatic nitrogens is 2. The summed E-state index contributed by atoms with van der Waals surface area (Å²) in [5.74, 6) is 0.302. The summed E-state index contributed by atoms with van der Waals surface area (Å²) >= 11 is 5.89. The van der Waals surface area contributed by atoms with E-state index in [2.05, 4.69) is 15.3 Å². The molecule has 1 amide bonds. The molecule has 1 aromatic heterocycles. The van der Waals surface area contributed by atoms with E-state index in [1.54, 1.807) is 43.6 Å². The fraction of sp³-hybridized carbons (Fsp3) is 0.0455. The number of anilines is 1. The molecule has 4 rings (SSSR count). The van der Waals surface area contributed by atoms with Gasteiger partial charge in [-0.2, -0.15) is 0 Å². The second kappa shape index (κ2) is 7.66. The van der Waals surface area contributed by atoms with E-state index < -0.39 is 0 Å². The highest BCUT2D eigenvalue weighted by atomic mass is 35.5. The molecule has 0 radical (unpaired) electrons. The van der Waals surface area contributed by atoms with Gasteiger partial charge in [-0.3, -0.25) is 9.78 Å². The monoisotopic (exact) mass is 389 g/mol. The normalized spacial score (nSPS) is 10.6. The Morgan fingerprint density at radius 2 is 1.75 bits per heavy atom. The van der Waals surface area contributed by atoms with Crippen molar-refractivity contribution >= 4 is 34.2 Å². The third kappa shape index (κ3) is 3.66. The molecule has 0 fully saturated rings. The van der Waals surface area contributed by atoms with E-state index in [0.717, 1.165) is 16.6 Å². The largest absolute Gasteiger partial charge is 0.495 e. The Bertz CT molecular complexity index is 1160. The second-order valence-corrected chi connectivity index (χ2v) is 6.56. The minimum Gasteiger partial charge on any atom is -0.495 e. The number of carbonyl (C=O) groups excluding carboxylic acids is 1. The van der Waals surface area contributed by atoms with Gasteiger partial charge in [0, 0.05) is 16.1 Å². The van der Waals surface area contributed by atoms with Crippen molar-refractivity contribution in [3.8, 4) is 17.0 Å². The summed E-state index contributed by atoms with van der Waals surface area (Å²) in [4.78, 5) is 21.7. The summed E-state index contributed by atoms with van der Waals surface area (Å²) in [7, 11) is 1.56. The van der Waals surface area contributed by atoms with Crippen LogP contribution in [0.3, 0.4) is 0 Å². The number of benzene rings is 3. The highest BCUT2D eigenvalue weighted by molar-refractivity contribution is 6.30. The predicted molar refractivity (Wildman–Crippen MR) is 111 cm³/mol. The van der Waals surface area contributed by atoms with Crippen molar-refractivity contribution in [1.82, 2.24) is 9.97 Å². The summed E-state index contributed by atoms with van der Waals surface area (Å²) < 4.78 is 5.39. The van der Waals surface area contributed by atoms with Gasteiger partial charge in [-0.05, 0) is 54.6 Å². The lowest BCUT2D eigenvalue weighted by Gasteiger charge is -2.12. The van der Waals surface area contributed by atoms with E-state index in [-0.39, 0.29) is 5.91 Å². The van der Waals surface area contributed by atoms with Crippen molar-refractivity contribution in [2.45, 2.75) is 0 Å². The molecule has 0 aliphatic rings. The molecule has 4 aromatic rings. The maximum Gasteiger partial charge on any atom is 0.255 e. The molecule has 0 spiro atoms. The third-order valence-electron chi connectivity index (χ3n) is 4.30. The molecule has 3 aromatic carbocycles. The van der Waals surface area contributed by atoms with Crippen LogP contribution in [0.25, 0.3) is 22.3 Å². The predicted octanol–water partition coefficient (Wildman–Crippen LogP) is 5.21. The zero-order valence-corrected chi connectivity index (χ0v) is 15.8. The Morgan fingerprint density at radius 1 is 1.00 bits per heavy atom. The van der Waals surface area contributed by atoms with Crippen molar-refractivity contribution in [3.05, 3.63) is 83.5 Å². The summed E-state index contributed by atoms with van der Waals surface area (Å²) in [6, 6.07) is 19.9. The van der Waals surface area contributed by atoms with Gasteiger partial charge >= 0.3 is 0 Å². The first-order valence-corrected chi connectivity index (χ1v) is 8.99. The zero-order chi connectivity index (χ0) is 19.5. The van der Waals surface area contributed by atoms with Crippen LogP contribution in [-0.2, 0) is 0 Å². The van der Waals surface area contributed by atoms with Gasteiger partial charge in [0.2, 0.25) is 0 Å². The SMILES string of the molecule is COc1ccc(-c2cnc3ccccc3n2)cc1NC(=O)c1ccc(Cl)cc1. The molecule has 0 saturated carbocycles. The molecule has 28 heavy (non-hydrogen) atoms. The fourth-order valence-corrected chi connectivity index (χ4v) is 2.98. The highest BCUT2D eigenvalue weighted by Gasteiger charge is 2.12. The number of ether oxygens (including phenoxy) is 1. The smallest absolute Gasteiger partial charge is 0.255 e. The quantitative estimate of drug-likeness (QED) is 0.520. The molecular formula is C22H16ClN3O2. The molecular weight excluding hydrogens is 374 g/mol. The minimum atomic E-state index is -0.253. The standard InChI is InChI=1S/C22H16ClN3O2/c1-28-21-11-8-15(20-13-24-17-4-2-3-5-18(17)25-20)12-19(21)26-22(27)14-6-9-16(23)10-7-14/h2-13H,1H3,(H,26,27). The fourth-order valence-electron chi connectivity index (χ4n) is 2.86. The van der Waals surface area contributed by atoms with Gasteiger partial charge in [0.05, 0.1) is 35.7 Å². The number of hydrogen-bond acceptors (Lipinski definition) is 4. The average molecular weight is 390 g/mol. The van der Waals surface area contributed by atoms with Gasteiger partial charge in [-0.25, -0.2) is 4.98 Å². The molecule has 0 atom stereocenters. The topological polar surface area (TPSA) is 64.1 Å². The Balaban J connectivity index is 1.68. The lowest BCUT2D eigenvalue weighted by molar-refractivity contribution is 0.102. The van der Waals surface area contributed by atoms with Gasteiger partial charge < -0.3 is 10.1 Å². The number of halogens is 1. The van der Waals surface area contributed by atoms with Crippen molar-refractivity contribution in [2.24, 2.45) is 0 Å². The Morgan fingerprint density at radius 3 is 2.50 bits per heavy atom. The molecule has 1 heterocycles. The van der Waals surface area contributed by atoms with Gasteiger partial charge in [0.25, 0.3) is 5.91 Å². The van der Waals surface area contributed by atoms with Gasteiger partial charge in [-0.1, -0.05) is 23.7 Å². The number of rotatable bonds is 4. The average Bonchev–Trinajstić information content (AvgIpc) is 2.73. The van der Waals surface area contributed by atoms with Crippen LogP contribution >= 0.6 is 11.6 Å². The summed E-state index contributed by atoms with van der Waals surface area (Å²) in [6.07, 6.45) is 1.72. The molecule has 0 unspecified atom stereocenters. The van der Waals surface area contributed by atoms with Crippen LogP contribution in [0.2, 0.25) is 5.02 Å². The number of para-hydroxylation sites is 2. The first kappa shape index (κ1) is 17.9. The number of carbonyl (C=O) groups is 1. The van der Waals surface area contributed by atoms with Crippen LogP contribution < -0.4 is 10.1 Å². The van der Waals surface area contributed by atoms with Crippen LogP contribution in [0.15, 0.2) is 72.9 Å². The molecule has 5 nitrogen and oxygen atoms in total. The van der Waals surface area contributed by atoms with Gasteiger partial charge in [0.15, 0.2) is 0 Å². The summed E-state index contributed by atoms with van der Waals surface area (Å²) in [5.41, 5.74) is 4.23. The van der Waals surface area contributed by atoms with Crippen molar-refractivity contribution in [3.63, 3.8) is 0 Å². The van der Waals surface area contributed by atoms with Gasteiger partial charge in [-0.15, -0.1) is 0 Å². The minimum absolute atomic E-state index is 0.253. The number of nitrogens with one attached hydrogen (secondary N) is 1. The van der Waals surface area contributed by atoms with Crippen LogP contribution in [0.5, 0.6) is 5.75 Å². The van der Waals surface area contributed by atoms with Crippen LogP contribution in [-0.4, -0.2) is 23.0 Å². The number of nitrogens with zero attached hydrogens (tertiary/aromatic N) is 2. The van der Waals surface area contributed by atoms with E-state index >= 15 is 0 Å². The first-order valence-electron chi connectivity index (χ1n) is 8.61. The lowest BCUT2D eigenvalue weighted by atomic mass is 10.1. The Hall–Kier alpha value is -3.44. The van der Waals surface area contributed by atoms with Crippen LogP contribution in [0.1, 0.15) is 10.4 Å². The molecule has 138 valence electrons. The van der Waals surface area contributed by atoms with Crippen LogP contribution in [0.4, 0.5) is 5.69 Å². The molecule has 0 aliphatic heterocycles. The summed E-state index contributed by atoms with van der Waals surface area (Å²) in [6.45, 7) is 0. The Labute approximate surface area is 167 Å². The number of fused-ring (bicyclic) bond motifs is 1. The van der Waals surface area contributed by atoms with E-state index in [0.29, 0.717) is 27.7 Å². The second-order valence-electron chi connectivity index (χ2n) is 6.12. The lowest BCUT2D eigenvalue weighted by Crippen LogP contribution is -2.12. The van der Waals surface area contributed by atoms with Crippen LogP contribution in [0, 0.1) is 0 Å². The number of methoxy groups -OCH3 is 1. The van der Waals surface area contributed by atoms with E-state index in [1.807, 2.05) is 36.4 Å². The van der Waals surface area contributed by atoms with E-state index in [1.165, 1.54) is 0 Å². The molecule has 6 heteroatoms. The number of amides is 1. The van der Waals surface area contributed by atoms with Gasteiger partial charge in [0.1, 0.15) is 5.75 Å². The Kier molecular flexibility index (Phi) is 4.91. The first-order chi connectivity index (χ1) is 13.6. The summed E-state index contributed by atoms with van der Waals surface area (Å²) in [5, 5.41) is 3.46. The number of hydrogen-bond donors (Lipinski definition) is 1. The van der Waals surface area contributed by atoms with Crippen molar-refractivity contribution in [1.29, 1.82) is 0 Å². The molecule has 0 saturated heterocycles. The molecule has 0 aliphatic carbocycles. The highest BCUT2D eigenvalue weighted by Crippen LogP contribution is 2.30. The van der Waals surface area contributed by atoms with E-state index in [4.69, 9.17) is 16.3 Å². The third-order valence-corrected chi connectivity index (χ3v) is 4.55. The molecule has 0 bridgehead atoms. The maximum atomic E-state index is 12.6. The van der Waals surface area contributed by atoms with Crippen molar-refractivity contribution < 1.29 is 9.53 Å². The maximum absolute atomic E-state index is 12.6. The zero-order valence-electron chi connectivity index (χ0n) is 15.0.